The number of aromatic amines is 1. The topological polar surface area (TPSA) is 72.4 Å². The summed E-state index contributed by atoms with van der Waals surface area (Å²) in [7, 11) is 0. The van der Waals surface area contributed by atoms with E-state index in [2.05, 4.69) is 22.2 Å². The number of carbonyl (C=O) groups is 1. The van der Waals surface area contributed by atoms with Crippen molar-refractivity contribution in [2.75, 3.05) is 26.3 Å². The van der Waals surface area contributed by atoms with Gasteiger partial charge in [0.05, 0.1) is 19.3 Å². The zero-order valence-corrected chi connectivity index (χ0v) is 15.7. The molecule has 2 fully saturated rings. The first-order valence-corrected chi connectivity index (χ1v) is 9.83. The highest BCUT2D eigenvalue weighted by molar-refractivity contribution is 5.84. The van der Waals surface area contributed by atoms with Crippen LogP contribution in [0.15, 0.2) is 48.9 Å². The molecule has 4 heterocycles. The summed E-state index contributed by atoms with van der Waals surface area (Å²) in [5, 5.41) is 5.47. The van der Waals surface area contributed by atoms with Crippen molar-refractivity contribution < 1.29 is 14.3 Å². The molecule has 0 bridgehead atoms. The van der Waals surface area contributed by atoms with Crippen LogP contribution >= 0.6 is 0 Å². The molecule has 3 aromatic rings. The van der Waals surface area contributed by atoms with Gasteiger partial charge in [0.25, 0.3) is 0 Å². The number of H-pyrrole nitrogens is 1. The molecule has 5 rings (SSSR count). The van der Waals surface area contributed by atoms with Crippen molar-refractivity contribution in [1.82, 2.24) is 19.7 Å². The second-order valence-corrected chi connectivity index (χ2v) is 7.54. The van der Waals surface area contributed by atoms with Crippen LogP contribution in [0.1, 0.15) is 18.0 Å². The molecule has 146 valence electrons. The Morgan fingerprint density at radius 1 is 1.14 bits per heavy atom. The van der Waals surface area contributed by atoms with Crippen LogP contribution in [0.3, 0.4) is 0 Å². The number of carbonyl (C=O) groups excluding carboxylic acids is 1. The van der Waals surface area contributed by atoms with Crippen LogP contribution in [0, 0.1) is 0 Å². The highest BCUT2D eigenvalue weighted by Gasteiger charge is 2.39. The lowest BCUT2D eigenvalue weighted by molar-refractivity contribution is -0.131. The fourth-order valence-electron chi connectivity index (χ4n) is 4.17. The van der Waals surface area contributed by atoms with Crippen molar-refractivity contribution in [2.24, 2.45) is 0 Å². The summed E-state index contributed by atoms with van der Waals surface area (Å²) in [6.45, 7) is 2.31. The third-order valence-corrected chi connectivity index (χ3v) is 5.76. The average Bonchev–Trinajstić information content (AvgIpc) is 3.45. The van der Waals surface area contributed by atoms with E-state index in [1.165, 1.54) is 10.9 Å². The first-order chi connectivity index (χ1) is 13.8. The Morgan fingerprint density at radius 3 is 2.68 bits per heavy atom. The zero-order valence-electron chi connectivity index (χ0n) is 15.7. The van der Waals surface area contributed by atoms with Gasteiger partial charge in [0.2, 0.25) is 5.91 Å². The number of fused-ring (bicyclic) bond motifs is 2. The number of hydrogen-bond donors (Lipinski definition) is 1. The largest absolute Gasteiger partial charge is 0.371 e. The molecule has 7 heteroatoms. The van der Waals surface area contributed by atoms with Gasteiger partial charge in [-0.1, -0.05) is 18.2 Å². The average molecular weight is 380 g/mol. The highest BCUT2D eigenvalue weighted by atomic mass is 16.6. The van der Waals surface area contributed by atoms with Gasteiger partial charge in [-0.05, 0) is 24.1 Å². The highest BCUT2D eigenvalue weighted by Crippen LogP contribution is 2.25. The van der Waals surface area contributed by atoms with Crippen LogP contribution in [0.5, 0.6) is 0 Å². The number of hydrogen-bond acceptors (Lipinski definition) is 4. The number of para-hydroxylation sites is 1. The summed E-state index contributed by atoms with van der Waals surface area (Å²) in [5.41, 5.74) is 2.30. The van der Waals surface area contributed by atoms with E-state index in [1.807, 2.05) is 40.2 Å². The maximum absolute atomic E-state index is 12.7. The van der Waals surface area contributed by atoms with E-state index in [1.54, 1.807) is 6.20 Å². The van der Waals surface area contributed by atoms with Gasteiger partial charge < -0.3 is 19.4 Å². The predicted octanol–water partition coefficient (Wildman–Crippen LogP) is 2.16. The van der Waals surface area contributed by atoms with Gasteiger partial charge in [-0.25, -0.2) is 0 Å². The van der Waals surface area contributed by atoms with E-state index in [4.69, 9.17) is 9.47 Å². The molecule has 1 aromatic carbocycles. The van der Waals surface area contributed by atoms with Gasteiger partial charge in [-0.3, -0.25) is 9.48 Å². The van der Waals surface area contributed by atoms with E-state index in [-0.39, 0.29) is 24.2 Å². The monoisotopic (exact) mass is 380 g/mol. The lowest BCUT2D eigenvalue weighted by Crippen LogP contribution is -2.31. The Balaban J connectivity index is 1.17. The number of amides is 1. The van der Waals surface area contributed by atoms with Crippen molar-refractivity contribution in [3.63, 3.8) is 0 Å². The molecule has 1 amide bonds. The van der Waals surface area contributed by atoms with Crippen molar-refractivity contribution in [3.8, 4) is 0 Å². The molecule has 2 aliphatic heterocycles. The molecule has 0 aliphatic carbocycles. The van der Waals surface area contributed by atoms with E-state index < -0.39 is 0 Å². The summed E-state index contributed by atoms with van der Waals surface area (Å²) >= 11 is 0. The summed E-state index contributed by atoms with van der Waals surface area (Å²) in [6, 6.07) is 10.2. The number of aromatic nitrogens is 3. The summed E-state index contributed by atoms with van der Waals surface area (Å²) in [5.74, 6) is 0.161. The van der Waals surface area contributed by atoms with Gasteiger partial charge in [0, 0.05) is 49.0 Å². The predicted molar refractivity (Wildman–Crippen MR) is 104 cm³/mol. The molecule has 0 radical (unpaired) electrons. The molecular formula is C21H24N4O3. The normalized spacial score (nSPS) is 23.1. The Bertz CT molecular complexity index is 936. The molecule has 0 unspecified atom stereocenters. The number of benzene rings is 1. The number of aryl methyl sites for hydroxylation is 1. The number of likely N-dealkylation sites (tertiary alicyclic amines) is 1. The van der Waals surface area contributed by atoms with Crippen molar-refractivity contribution >= 4 is 16.8 Å². The first kappa shape index (κ1) is 17.5. The minimum atomic E-state index is -0.0578. The summed E-state index contributed by atoms with van der Waals surface area (Å²) < 4.78 is 14.0. The van der Waals surface area contributed by atoms with E-state index in [9.17, 15) is 4.79 Å². The van der Waals surface area contributed by atoms with Gasteiger partial charge in [-0.2, -0.15) is 5.10 Å². The van der Waals surface area contributed by atoms with Crippen molar-refractivity contribution in [1.29, 1.82) is 0 Å². The van der Waals surface area contributed by atoms with Gasteiger partial charge >= 0.3 is 0 Å². The minimum Gasteiger partial charge on any atom is -0.371 e. The molecule has 28 heavy (non-hydrogen) atoms. The Hall–Kier alpha value is -2.64. The molecular weight excluding hydrogens is 356 g/mol. The SMILES string of the molecule is O=C(CCc1c[nH]c2ccccc12)N1C[C@@H]2OCC(n3cccn3)CO[C@H]2C1. The molecule has 2 aromatic heterocycles. The van der Waals surface area contributed by atoms with Crippen molar-refractivity contribution in [2.45, 2.75) is 31.1 Å². The fraction of sp³-hybridized carbons (Fsp3) is 0.429. The Morgan fingerprint density at radius 2 is 1.93 bits per heavy atom. The van der Waals surface area contributed by atoms with Crippen LogP contribution in [-0.4, -0.2) is 64.1 Å². The van der Waals surface area contributed by atoms with Gasteiger partial charge in [0.1, 0.15) is 12.2 Å². The summed E-state index contributed by atoms with van der Waals surface area (Å²) in [4.78, 5) is 17.9. The van der Waals surface area contributed by atoms with Crippen LogP contribution in [-0.2, 0) is 20.7 Å². The lowest BCUT2D eigenvalue weighted by atomic mass is 10.1. The second kappa shape index (κ2) is 7.41. The first-order valence-electron chi connectivity index (χ1n) is 9.83. The smallest absolute Gasteiger partial charge is 0.223 e. The number of ether oxygens (including phenoxy) is 2. The molecule has 7 nitrogen and oxygen atoms in total. The molecule has 2 aliphatic rings. The van der Waals surface area contributed by atoms with Crippen LogP contribution in [0.4, 0.5) is 0 Å². The molecule has 2 atom stereocenters. The number of nitrogens with one attached hydrogen (secondary N) is 1. The molecule has 0 saturated carbocycles. The van der Waals surface area contributed by atoms with Gasteiger partial charge in [-0.15, -0.1) is 0 Å². The lowest BCUT2D eigenvalue weighted by Gasteiger charge is -2.19. The van der Waals surface area contributed by atoms with E-state index in [0.717, 1.165) is 11.9 Å². The van der Waals surface area contributed by atoms with Crippen molar-refractivity contribution in [3.05, 3.63) is 54.5 Å². The van der Waals surface area contributed by atoms with Crippen LogP contribution in [0.25, 0.3) is 10.9 Å². The fourth-order valence-corrected chi connectivity index (χ4v) is 4.17. The summed E-state index contributed by atoms with van der Waals surface area (Å²) in [6.07, 6.45) is 6.82. The second-order valence-electron chi connectivity index (χ2n) is 7.54. The minimum absolute atomic E-state index is 0.0578. The van der Waals surface area contributed by atoms with Crippen LogP contribution < -0.4 is 0 Å². The van der Waals surface area contributed by atoms with Crippen LogP contribution in [0.2, 0.25) is 0 Å². The van der Waals surface area contributed by atoms with E-state index >= 15 is 0 Å². The third kappa shape index (κ3) is 3.31. The number of nitrogens with zero attached hydrogens (tertiary/aromatic N) is 3. The maximum Gasteiger partial charge on any atom is 0.223 e. The quantitative estimate of drug-likeness (QED) is 0.753. The molecule has 0 spiro atoms. The number of rotatable bonds is 4. The van der Waals surface area contributed by atoms with Gasteiger partial charge in [0.15, 0.2) is 0 Å². The maximum atomic E-state index is 12.7. The standard InChI is InChI=1S/C21H24N4O3/c26-21(7-6-15-10-22-18-5-2-1-4-17(15)18)24-11-19-20(12-24)28-14-16(13-27-19)25-9-3-8-23-25/h1-5,8-10,16,19-20,22H,6-7,11-14H2/t19-,20-/m0/s1. The Labute approximate surface area is 163 Å². The molecule has 2 saturated heterocycles. The Kier molecular flexibility index (Phi) is 4.62. The third-order valence-electron chi connectivity index (χ3n) is 5.76. The zero-order chi connectivity index (χ0) is 18.9. The molecule has 1 N–H and O–H groups in total. The van der Waals surface area contributed by atoms with E-state index in [0.29, 0.717) is 32.7 Å².